The highest BCUT2D eigenvalue weighted by molar-refractivity contribution is 6.21. The zero-order valence-corrected chi connectivity index (χ0v) is 18.7. The van der Waals surface area contributed by atoms with Crippen LogP contribution in [0.15, 0.2) is 91.0 Å². The van der Waals surface area contributed by atoms with Crippen LogP contribution < -0.4 is 0 Å². The van der Waals surface area contributed by atoms with Crippen LogP contribution >= 0.6 is 11.6 Å². The molecule has 0 aliphatic carbocycles. The van der Waals surface area contributed by atoms with E-state index in [-0.39, 0.29) is 6.61 Å². The van der Waals surface area contributed by atoms with Crippen LogP contribution in [0.25, 0.3) is 0 Å². The molecule has 0 unspecified atom stereocenters. The minimum atomic E-state index is -1.22. The lowest BCUT2D eigenvalue weighted by molar-refractivity contribution is -0.117. The van der Waals surface area contributed by atoms with E-state index in [1.165, 1.54) is 0 Å². The normalized spacial score (nSPS) is 21.4. The molecule has 1 aliphatic heterocycles. The number of rotatable bonds is 7. The first kappa shape index (κ1) is 23.5. The monoisotopic (exact) mass is 480 g/mol. The molecule has 1 heterocycles. The fourth-order valence-corrected chi connectivity index (χ4v) is 3.71. The smallest absolute Gasteiger partial charge is 0.340 e. The van der Waals surface area contributed by atoms with Crippen LogP contribution in [-0.2, 0) is 18.9 Å². The average molecular weight is 481 g/mol. The van der Waals surface area contributed by atoms with Crippen molar-refractivity contribution in [2.45, 2.75) is 23.9 Å². The Morgan fingerprint density at radius 3 is 1.62 bits per heavy atom. The first-order valence-corrected chi connectivity index (χ1v) is 11.0. The van der Waals surface area contributed by atoms with Crippen molar-refractivity contribution in [2.24, 2.45) is 0 Å². The van der Waals surface area contributed by atoms with Crippen molar-refractivity contribution < 1.29 is 33.3 Å². The molecule has 7 nitrogen and oxygen atoms in total. The molecule has 4 atom stereocenters. The molecule has 0 amide bonds. The fraction of sp³-hybridized carbons (Fsp3) is 0.192. The summed E-state index contributed by atoms with van der Waals surface area (Å²) in [5.74, 6) is -1.85. The van der Waals surface area contributed by atoms with Crippen LogP contribution in [0.2, 0.25) is 0 Å². The lowest BCUT2D eigenvalue weighted by Gasteiger charge is -2.20. The van der Waals surface area contributed by atoms with Crippen LogP contribution in [0.4, 0.5) is 0 Å². The van der Waals surface area contributed by atoms with E-state index >= 15 is 0 Å². The Kier molecular flexibility index (Phi) is 7.57. The third-order valence-electron chi connectivity index (χ3n) is 5.12. The van der Waals surface area contributed by atoms with Crippen molar-refractivity contribution in [2.75, 3.05) is 6.61 Å². The van der Waals surface area contributed by atoms with Gasteiger partial charge in [0.05, 0.1) is 16.7 Å². The van der Waals surface area contributed by atoms with E-state index in [2.05, 4.69) is 0 Å². The molecule has 174 valence electrons. The van der Waals surface area contributed by atoms with Gasteiger partial charge < -0.3 is 18.9 Å². The third kappa shape index (κ3) is 5.62. The molecule has 1 saturated heterocycles. The molecule has 0 spiro atoms. The van der Waals surface area contributed by atoms with E-state index in [1.807, 2.05) is 0 Å². The van der Waals surface area contributed by atoms with Crippen molar-refractivity contribution >= 4 is 29.5 Å². The van der Waals surface area contributed by atoms with Gasteiger partial charge in [0, 0.05) is 0 Å². The molecule has 0 N–H and O–H groups in total. The number of halogens is 1. The summed E-state index contributed by atoms with van der Waals surface area (Å²) in [4.78, 5) is 37.5. The largest absolute Gasteiger partial charge is 0.459 e. The molecule has 8 heteroatoms. The molecule has 3 aromatic carbocycles. The summed E-state index contributed by atoms with van der Waals surface area (Å²) in [6.45, 7) is -0.261. The first-order chi connectivity index (χ1) is 16.5. The standard InChI is InChI=1S/C26H21ClO7/c27-21-22(33-24(29)18-12-6-2-7-13-18)20(16-31-23(28)17-10-4-1-5-11-17)32-26(21)34-25(30)19-14-8-3-9-15-19/h1-15,20-22,26H,16H2/t20-,21-,22-,26-/m1/s1. The van der Waals surface area contributed by atoms with Crippen LogP contribution in [-0.4, -0.2) is 48.4 Å². The predicted molar refractivity (Wildman–Crippen MR) is 123 cm³/mol. The average Bonchev–Trinajstić information content (AvgIpc) is 3.17. The molecule has 0 aromatic heterocycles. The summed E-state index contributed by atoms with van der Waals surface area (Å²) in [5.41, 5.74) is 0.982. The maximum absolute atomic E-state index is 12.6. The molecule has 0 bridgehead atoms. The van der Waals surface area contributed by atoms with Gasteiger partial charge in [-0.25, -0.2) is 14.4 Å². The van der Waals surface area contributed by atoms with Gasteiger partial charge in [-0.15, -0.1) is 11.6 Å². The van der Waals surface area contributed by atoms with E-state index in [9.17, 15) is 14.4 Å². The van der Waals surface area contributed by atoms with Gasteiger partial charge in [0.2, 0.25) is 6.29 Å². The number of esters is 3. The molecular weight excluding hydrogens is 460 g/mol. The number of carbonyl (C=O) groups excluding carboxylic acids is 3. The van der Waals surface area contributed by atoms with Gasteiger partial charge in [-0.1, -0.05) is 54.6 Å². The number of hydrogen-bond donors (Lipinski definition) is 0. The Labute approximate surface area is 201 Å². The first-order valence-electron chi connectivity index (χ1n) is 10.6. The topological polar surface area (TPSA) is 88.1 Å². The number of benzene rings is 3. The summed E-state index contributed by atoms with van der Waals surface area (Å²) < 4.78 is 22.2. The third-order valence-corrected chi connectivity index (χ3v) is 5.58. The molecule has 0 saturated carbocycles. The summed E-state index contributed by atoms with van der Waals surface area (Å²) in [7, 11) is 0. The van der Waals surface area contributed by atoms with Crippen molar-refractivity contribution in [1.82, 2.24) is 0 Å². The fourth-order valence-electron chi connectivity index (χ4n) is 3.38. The quantitative estimate of drug-likeness (QED) is 0.283. The van der Waals surface area contributed by atoms with Gasteiger partial charge in [-0.05, 0) is 36.4 Å². The molecule has 1 fully saturated rings. The predicted octanol–water partition coefficient (Wildman–Crippen LogP) is 4.26. The zero-order chi connectivity index (χ0) is 23.9. The van der Waals surface area contributed by atoms with Crippen LogP contribution in [0.5, 0.6) is 0 Å². The highest BCUT2D eigenvalue weighted by Gasteiger charge is 2.49. The highest BCUT2D eigenvalue weighted by atomic mass is 35.5. The molecule has 0 radical (unpaired) electrons. The van der Waals surface area contributed by atoms with Gasteiger partial charge in [0.25, 0.3) is 0 Å². The van der Waals surface area contributed by atoms with Gasteiger partial charge in [-0.2, -0.15) is 0 Å². The molecule has 1 aliphatic rings. The maximum Gasteiger partial charge on any atom is 0.340 e. The van der Waals surface area contributed by atoms with Gasteiger partial charge in [0.1, 0.15) is 18.1 Å². The summed E-state index contributed by atoms with van der Waals surface area (Å²) in [6, 6.07) is 25.1. The van der Waals surface area contributed by atoms with Gasteiger partial charge >= 0.3 is 17.9 Å². The summed E-state index contributed by atoms with van der Waals surface area (Å²) in [5, 5.41) is -1.03. The van der Waals surface area contributed by atoms with Crippen LogP contribution in [0, 0.1) is 0 Å². The Morgan fingerprint density at radius 2 is 1.12 bits per heavy atom. The Bertz CT molecular complexity index is 1120. The molecular formula is C26H21ClO7. The van der Waals surface area contributed by atoms with E-state index in [4.69, 9.17) is 30.5 Å². The van der Waals surface area contributed by atoms with E-state index < -0.39 is 41.8 Å². The second-order valence-electron chi connectivity index (χ2n) is 7.46. The number of alkyl halides is 1. The minimum Gasteiger partial charge on any atom is -0.459 e. The molecule has 34 heavy (non-hydrogen) atoms. The molecule has 4 rings (SSSR count). The second kappa shape index (κ2) is 11.0. The Morgan fingerprint density at radius 1 is 0.676 bits per heavy atom. The second-order valence-corrected chi connectivity index (χ2v) is 7.96. The lowest BCUT2D eigenvalue weighted by atomic mass is 10.1. The van der Waals surface area contributed by atoms with Crippen molar-refractivity contribution in [3.05, 3.63) is 108 Å². The van der Waals surface area contributed by atoms with Crippen molar-refractivity contribution in [3.8, 4) is 0 Å². The summed E-state index contributed by atoms with van der Waals surface area (Å²) >= 11 is 6.51. The van der Waals surface area contributed by atoms with Crippen LogP contribution in [0.1, 0.15) is 31.1 Å². The Hall–Kier alpha value is -3.68. The maximum atomic E-state index is 12.6. The van der Waals surface area contributed by atoms with E-state index in [1.54, 1.807) is 91.0 Å². The summed E-state index contributed by atoms with van der Waals surface area (Å²) in [6.07, 6.45) is -3.20. The van der Waals surface area contributed by atoms with Crippen molar-refractivity contribution in [1.29, 1.82) is 0 Å². The number of ether oxygens (including phenoxy) is 4. The van der Waals surface area contributed by atoms with E-state index in [0.717, 1.165) is 0 Å². The van der Waals surface area contributed by atoms with Gasteiger partial charge in [-0.3, -0.25) is 0 Å². The SMILES string of the molecule is O=C(OC[C@H]1O[C@H](OC(=O)c2ccccc2)[C@H](Cl)[C@@H]1OC(=O)c1ccccc1)c1ccccc1. The zero-order valence-electron chi connectivity index (χ0n) is 17.9. The van der Waals surface area contributed by atoms with Crippen molar-refractivity contribution in [3.63, 3.8) is 0 Å². The van der Waals surface area contributed by atoms with E-state index in [0.29, 0.717) is 16.7 Å². The highest BCUT2D eigenvalue weighted by Crippen LogP contribution is 2.31. The minimum absolute atomic E-state index is 0.261. The lowest BCUT2D eigenvalue weighted by Crippen LogP contribution is -2.37. The Balaban J connectivity index is 1.47. The van der Waals surface area contributed by atoms with Gasteiger partial charge in [0.15, 0.2) is 6.10 Å². The molecule has 3 aromatic rings. The van der Waals surface area contributed by atoms with Crippen LogP contribution in [0.3, 0.4) is 0 Å². The number of carbonyl (C=O) groups is 3. The number of hydrogen-bond acceptors (Lipinski definition) is 7.